The molecule has 1 aromatic rings. The van der Waals surface area contributed by atoms with Gasteiger partial charge >= 0.3 is 12.3 Å². The van der Waals surface area contributed by atoms with Gasteiger partial charge in [0.15, 0.2) is 5.69 Å². The summed E-state index contributed by atoms with van der Waals surface area (Å²) in [5.74, 6) is -1.51. The number of esters is 1. The number of pyridine rings is 1. The van der Waals surface area contributed by atoms with Crippen molar-refractivity contribution in [1.29, 1.82) is 0 Å². The molecule has 0 fully saturated rings. The number of carbonyl (C=O) groups excluding carboxylic acids is 1. The molecule has 0 saturated heterocycles. The summed E-state index contributed by atoms with van der Waals surface area (Å²) in [6, 6.07) is 1.03. The van der Waals surface area contributed by atoms with Gasteiger partial charge in [0.05, 0.1) is 21.8 Å². The van der Waals surface area contributed by atoms with Crippen molar-refractivity contribution in [2.75, 3.05) is 6.61 Å². The monoisotopic (exact) mass is 409 g/mol. The van der Waals surface area contributed by atoms with Crippen molar-refractivity contribution < 1.29 is 27.4 Å². The van der Waals surface area contributed by atoms with Crippen LogP contribution in [-0.2, 0) is 10.6 Å². The second-order valence-electron chi connectivity index (χ2n) is 3.18. The van der Waals surface area contributed by atoms with Gasteiger partial charge in [-0.1, -0.05) is 0 Å². The summed E-state index contributed by atoms with van der Waals surface area (Å²) in [4.78, 5) is 15.4. The van der Waals surface area contributed by atoms with Gasteiger partial charge in [0.2, 0.25) is 0 Å². The van der Waals surface area contributed by atoms with Gasteiger partial charge in [-0.15, -0.1) is 24.8 Å². The van der Waals surface area contributed by atoms with E-state index in [4.69, 9.17) is 16.3 Å². The van der Waals surface area contributed by atoms with Crippen molar-refractivity contribution in [3.8, 4) is 5.75 Å². The van der Waals surface area contributed by atoms with Crippen molar-refractivity contribution >= 4 is 40.2 Å². The zero-order valence-electron chi connectivity index (χ0n) is 9.55. The van der Waals surface area contributed by atoms with Crippen LogP contribution in [0.5, 0.6) is 5.75 Å². The Kier molecular flexibility index (Phi) is 5.65. The molecule has 0 bridgehead atoms. The van der Waals surface area contributed by atoms with Crippen LogP contribution in [0.25, 0.3) is 0 Å². The van der Waals surface area contributed by atoms with Crippen LogP contribution in [0.2, 0.25) is 0 Å². The van der Waals surface area contributed by atoms with E-state index in [1.54, 1.807) is 6.92 Å². The molecule has 0 atom stereocenters. The number of nitrogens with zero attached hydrogens (tertiary/aromatic N) is 1. The van der Waals surface area contributed by atoms with Gasteiger partial charge < -0.3 is 9.47 Å². The Balaban J connectivity index is 3.24. The number of hydrogen-bond donors (Lipinski definition) is 0. The Hall–Kier alpha value is -0.770. The smallest absolute Gasteiger partial charge is 0.461 e. The first-order chi connectivity index (χ1) is 8.78. The summed E-state index contributed by atoms with van der Waals surface area (Å²) < 4.78 is 45.2. The van der Waals surface area contributed by atoms with Gasteiger partial charge in [0.1, 0.15) is 5.75 Å². The first-order valence-electron chi connectivity index (χ1n) is 4.96. The maximum absolute atomic E-state index is 12.2. The maximum Gasteiger partial charge on any atom is 0.573 e. The average Bonchev–Trinajstić information content (AvgIpc) is 2.30. The number of hydrogen-bond acceptors (Lipinski definition) is 4. The minimum Gasteiger partial charge on any atom is -0.461 e. The molecule has 0 aliphatic heterocycles. The molecule has 1 heterocycles. The SMILES string of the molecule is CCOC(=O)c1nc(CCl)cc(OC(F)(F)F)c1I. The van der Waals surface area contributed by atoms with Crippen molar-refractivity contribution in [1.82, 2.24) is 4.98 Å². The molecule has 0 unspecified atom stereocenters. The number of carbonyl (C=O) groups is 1. The minimum absolute atomic E-state index is 0.0805. The lowest BCUT2D eigenvalue weighted by Gasteiger charge is -2.13. The van der Waals surface area contributed by atoms with Crippen LogP contribution in [0.1, 0.15) is 23.1 Å². The van der Waals surface area contributed by atoms with Gasteiger partial charge in [-0.25, -0.2) is 9.78 Å². The lowest BCUT2D eigenvalue weighted by molar-refractivity contribution is -0.275. The molecule has 0 aromatic carbocycles. The second kappa shape index (κ2) is 6.60. The first-order valence-corrected chi connectivity index (χ1v) is 6.58. The van der Waals surface area contributed by atoms with Crippen LogP contribution in [0.4, 0.5) is 13.2 Å². The first kappa shape index (κ1) is 16.3. The second-order valence-corrected chi connectivity index (χ2v) is 4.52. The van der Waals surface area contributed by atoms with E-state index in [0.717, 1.165) is 6.07 Å². The highest BCUT2D eigenvalue weighted by molar-refractivity contribution is 14.1. The minimum atomic E-state index is -4.86. The third kappa shape index (κ3) is 4.68. The Morgan fingerprint density at radius 1 is 1.53 bits per heavy atom. The highest BCUT2D eigenvalue weighted by atomic mass is 127. The highest BCUT2D eigenvalue weighted by Gasteiger charge is 2.33. The van der Waals surface area contributed by atoms with E-state index < -0.39 is 18.1 Å². The fraction of sp³-hybridized carbons (Fsp3) is 0.400. The molecule has 1 aromatic heterocycles. The molecular formula is C10H8ClF3INO3. The summed E-state index contributed by atoms with van der Waals surface area (Å²) in [6.45, 7) is 1.65. The lowest BCUT2D eigenvalue weighted by Crippen LogP contribution is -2.20. The van der Waals surface area contributed by atoms with Gasteiger partial charge in [0.25, 0.3) is 0 Å². The molecule has 0 amide bonds. The number of ether oxygens (including phenoxy) is 2. The van der Waals surface area contributed by atoms with Crippen LogP contribution >= 0.6 is 34.2 Å². The van der Waals surface area contributed by atoms with Gasteiger partial charge in [-0.05, 0) is 29.5 Å². The fourth-order valence-electron chi connectivity index (χ4n) is 1.16. The Bertz CT molecular complexity index is 482. The van der Waals surface area contributed by atoms with E-state index >= 15 is 0 Å². The van der Waals surface area contributed by atoms with Crippen molar-refractivity contribution in [3.05, 3.63) is 21.0 Å². The zero-order valence-corrected chi connectivity index (χ0v) is 12.5. The third-order valence-corrected chi connectivity index (χ3v) is 3.13. The van der Waals surface area contributed by atoms with E-state index in [1.807, 2.05) is 0 Å². The summed E-state index contributed by atoms with van der Waals surface area (Å²) in [6.07, 6.45) is -4.86. The molecule has 0 aliphatic carbocycles. The zero-order chi connectivity index (χ0) is 14.6. The largest absolute Gasteiger partial charge is 0.573 e. The molecule has 0 aliphatic rings. The normalized spacial score (nSPS) is 11.3. The summed E-state index contributed by atoms with van der Waals surface area (Å²) >= 11 is 7.06. The summed E-state index contributed by atoms with van der Waals surface area (Å²) in [5.41, 5.74) is -0.163. The van der Waals surface area contributed by atoms with E-state index in [0.29, 0.717) is 0 Å². The van der Waals surface area contributed by atoms with Gasteiger partial charge in [0, 0.05) is 6.07 Å². The number of rotatable bonds is 4. The molecule has 4 nitrogen and oxygen atoms in total. The van der Waals surface area contributed by atoms with E-state index in [-0.39, 0.29) is 27.4 Å². The van der Waals surface area contributed by atoms with Crippen molar-refractivity contribution in [3.63, 3.8) is 0 Å². The predicted molar refractivity (Wildman–Crippen MR) is 69.2 cm³/mol. The van der Waals surface area contributed by atoms with Crippen LogP contribution in [-0.4, -0.2) is 23.9 Å². The van der Waals surface area contributed by atoms with Gasteiger partial charge in [-0.2, -0.15) is 0 Å². The summed E-state index contributed by atoms with van der Waals surface area (Å²) in [7, 11) is 0. The standard InChI is InChI=1S/C10H8ClF3INO3/c1-2-18-9(17)8-7(15)6(19-10(12,13)14)3-5(4-11)16-8/h3H,2,4H2,1H3. The van der Waals surface area contributed by atoms with E-state index in [1.165, 1.54) is 22.6 Å². The number of alkyl halides is 4. The Morgan fingerprint density at radius 3 is 2.63 bits per heavy atom. The van der Waals surface area contributed by atoms with Crippen LogP contribution < -0.4 is 4.74 Å². The lowest BCUT2D eigenvalue weighted by atomic mass is 10.3. The van der Waals surface area contributed by atoms with Gasteiger partial charge in [-0.3, -0.25) is 0 Å². The quantitative estimate of drug-likeness (QED) is 0.434. The Labute approximate surface area is 125 Å². The molecule has 106 valence electrons. The molecule has 9 heteroatoms. The average molecular weight is 410 g/mol. The molecule has 19 heavy (non-hydrogen) atoms. The molecule has 0 saturated carbocycles. The number of halogens is 5. The highest BCUT2D eigenvalue weighted by Crippen LogP contribution is 2.30. The molecular weight excluding hydrogens is 401 g/mol. The van der Waals surface area contributed by atoms with Crippen LogP contribution in [0, 0.1) is 3.57 Å². The Morgan fingerprint density at radius 2 is 2.16 bits per heavy atom. The van der Waals surface area contributed by atoms with Crippen LogP contribution in [0.3, 0.4) is 0 Å². The van der Waals surface area contributed by atoms with Crippen LogP contribution in [0.15, 0.2) is 6.07 Å². The van der Waals surface area contributed by atoms with E-state index in [2.05, 4.69) is 9.72 Å². The fourth-order valence-corrected chi connectivity index (χ4v) is 1.90. The molecule has 0 spiro atoms. The van der Waals surface area contributed by atoms with Crippen molar-refractivity contribution in [2.24, 2.45) is 0 Å². The van der Waals surface area contributed by atoms with E-state index in [9.17, 15) is 18.0 Å². The maximum atomic E-state index is 12.2. The predicted octanol–water partition coefficient (Wildman–Crippen LogP) is 3.50. The van der Waals surface area contributed by atoms with Crippen molar-refractivity contribution in [2.45, 2.75) is 19.2 Å². The summed E-state index contributed by atoms with van der Waals surface area (Å²) in [5, 5.41) is 0. The topological polar surface area (TPSA) is 48.4 Å². The molecule has 0 N–H and O–H groups in total. The molecule has 0 radical (unpaired) electrons. The molecule has 1 rings (SSSR count). The third-order valence-electron chi connectivity index (χ3n) is 1.81. The number of aromatic nitrogens is 1.